The van der Waals surface area contributed by atoms with Crippen LogP contribution in [0, 0.1) is 62.1 Å². The lowest BCUT2D eigenvalue weighted by Gasteiger charge is -2.47. The van der Waals surface area contributed by atoms with Crippen LogP contribution in [0.5, 0.6) is 5.75 Å². The molecule has 0 heterocycles. The molecule has 7 aliphatic rings. The third-order valence-corrected chi connectivity index (χ3v) is 23.1. The van der Waals surface area contributed by atoms with Crippen molar-refractivity contribution < 1.29 is 14.2 Å². The van der Waals surface area contributed by atoms with Crippen LogP contribution in [0.1, 0.15) is 344 Å². The Morgan fingerprint density at radius 3 is 1.06 bits per heavy atom. The molecule has 89 heavy (non-hydrogen) atoms. The zero-order chi connectivity index (χ0) is 69.1. The van der Waals surface area contributed by atoms with Crippen LogP contribution in [0.4, 0.5) is 0 Å². The fourth-order valence-electron chi connectivity index (χ4n) is 13.0. The van der Waals surface area contributed by atoms with Crippen molar-refractivity contribution in [2.45, 2.75) is 369 Å². The molecule has 0 unspecified atom stereocenters. The summed E-state index contributed by atoms with van der Waals surface area (Å²) < 4.78 is 13.9. The first-order chi connectivity index (χ1) is 41.3. The molecule has 0 aliphatic heterocycles. The van der Waals surface area contributed by atoms with Gasteiger partial charge in [-0.25, -0.2) is 0 Å². The Morgan fingerprint density at radius 2 is 0.798 bits per heavy atom. The first-order valence-corrected chi connectivity index (χ1v) is 37.8. The van der Waals surface area contributed by atoms with E-state index in [-0.39, 0.29) is 0 Å². The van der Waals surface area contributed by atoms with Gasteiger partial charge in [-0.2, -0.15) is 0 Å². The van der Waals surface area contributed by atoms with E-state index < -0.39 is 0 Å². The monoisotopic (exact) mass is 1260 g/mol. The molecule has 6 heteroatoms. The molecule has 0 aromatic heterocycles. The van der Waals surface area contributed by atoms with E-state index in [1.807, 2.05) is 70.2 Å². The van der Waals surface area contributed by atoms with Crippen molar-refractivity contribution in [1.82, 2.24) is 14.7 Å². The first kappa shape index (κ1) is 92.0. The molecule has 534 valence electrons. The maximum absolute atomic E-state index is 4.91. The minimum atomic E-state index is 0.384. The summed E-state index contributed by atoms with van der Waals surface area (Å²) in [4.78, 5) is 6.50. The van der Waals surface area contributed by atoms with Crippen molar-refractivity contribution in [3.63, 3.8) is 0 Å². The summed E-state index contributed by atoms with van der Waals surface area (Å²) in [5.41, 5.74) is 3.96. The van der Waals surface area contributed by atoms with Gasteiger partial charge in [-0.1, -0.05) is 217 Å². The van der Waals surface area contributed by atoms with Gasteiger partial charge >= 0.3 is 0 Å². The molecule has 0 radical (unpaired) electrons. The number of methoxy groups -OCH3 is 3. The van der Waals surface area contributed by atoms with Crippen LogP contribution < -0.4 is 4.74 Å². The average Bonchev–Trinajstić information content (AvgIpc) is 2.25. The van der Waals surface area contributed by atoms with Crippen LogP contribution in [0.15, 0.2) is 30.3 Å². The van der Waals surface area contributed by atoms with Crippen molar-refractivity contribution in [3.05, 3.63) is 30.3 Å². The minimum absolute atomic E-state index is 0.384. The van der Waals surface area contributed by atoms with Crippen molar-refractivity contribution in [3.8, 4) is 5.75 Å². The summed E-state index contributed by atoms with van der Waals surface area (Å²) >= 11 is 0. The molecule has 1 aromatic rings. The quantitative estimate of drug-likeness (QED) is 0.258. The lowest BCUT2D eigenvalue weighted by Crippen LogP contribution is -2.34. The fraction of sp³-hybridized carbons (Fsp3) is 0.928. The Hall–Kier alpha value is -1.18. The summed E-state index contributed by atoms with van der Waals surface area (Å²) in [5.74, 6) is 6.22. The molecule has 8 rings (SSSR count). The summed E-state index contributed by atoms with van der Waals surface area (Å²) in [5, 5.41) is 0. The highest BCUT2D eigenvalue weighted by Gasteiger charge is 2.40. The second-order valence-corrected chi connectivity index (χ2v) is 34.5. The second kappa shape index (κ2) is 50.2. The highest BCUT2D eigenvalue weighted by molar-refractivity contribution is 5.20. The normalized spacial score (nSPS) is 21.9. The Balaban J connectivity index is -0.000000936. The number of rotatable bonds is 8. The summed E-state index contributed by atoms with van der Waals surface area (Å²) in [6.45, 7) is 47.9. The molecule has 7 saturated carbocycles. The van der Waals surface area contributed by atoms with Gasteiger partial charge in [-0.05, 0) is 262 Å². The number of hydrogen-bond donors (Lipinski definition) is 0. The van der Waals surface area contributed by atoms with Crippen molar-refractivity contribution >= 4 is 0 Å². The Morgan fingerprint density at radius 1 is 0.461 bits per heavy atom. The van der Waals surface area contributed by atoms with E-state index in [2.05, 4.69) is 167 Å². The van der Waals surface area contributed by atoms with Crippen LogP contribution >= 0.6 is 0 Å². The standard InChI is InChI=1S/C14H26.C13H24.C11H20.C9H20.C8H16.C7H17N.C7H8O.C5H13N.C4H10O.C3H9N.C2H6O/c1-12-4-6-14(7-5-12)10-8-13(2,3)9-11-14;1-11-7-9-13(10-8-11)12-5-3-2-4-6-12;1-10-4-8-11(9-5-10)6-2-3-7-11;1-7-9(5,6)8(2,3)4;1-3-8(2)6-4-5-7-8;1-6(2)8(5)7(3)4;1-8-7-5-3-2-4-6-7;1-5(2)6(3)4;1-4(2)5-3;1-4(2)3;1-3-2/h12H,4-11H2,1-3H3;11-13H,2-10H2,1H3;10H,2-9H2,1H3;7H2,1-6H3;3-7H2,1-2H3;6-7H,1-5H3;2-6H,1H3;5H,1-4H3;4H,1-3H3;1-3H3;1-2H3. The van der Waals surface area contributed by atoms with E-state index in [4.69, 9.17) is 9.47 Å². The van der Waals surface area contributed by atoms with Gasteiger partial charge in [0.05, 0.1) is 13.2 Å². The minimum Gasteiger partial charge on any atom is -0.497 e. The highest BCUT2D eigenvalue weighted by atomic mass is 16.5. The van der Waals surface area contributed by atoms with E-state index in [1.54, 1.807) is 79.8 Å². The predicted molar refractivity (Wildman–Crippen MR) is 403 cm³/mol. The lowest BCUT2D eigenvalue weighted by molar-refractivity contribution is 0.0511. The van der Waals surface area contributed by atoms with Gasteiger partial charge in [0.15, 0.2) is 0 Å². The first-order valence-electron chi connectivity index (χ1n) is 37.8. The van der Waals surface area contributed by atoms with Crippen LogP contribution in [0.25, 0.3) is 0 Å². The fourth-order valence-corrected chi connectivity index (χ4v) is 13.0. The van der Waals surface area contributed by atoms with Gasteiger partial charge < -0.3 is 28.9 Å². The molecule has 7 fully saturated rings. The third-order valence-electron chi connectivity index (χ3n) is 23.1. The molecule has 6 nitrogen and oxygen atoms in total. The van der Waals surface area contributed by atoms with Gasteiger partial charge in [0.25, 0.3) is 0 Å². The molecule has 0 amide bonds. The molecular formula is C83H169N3O3. The zero-order valence-corrected chi connectivity index (χ0v) is 67.1. The Kier molecular flexibility index (Phi) is 51.9. The second-order valence-electron chi connectivity index (χ2n) is 34.5. The van der Waals surface area contributed by atoms with Crippen LogP contribution in [-0.4, -0.2) is 110 Å². The summed E-state index contributed by atoms with van der Waals surface area (Å²) in [6, 6.07) is 11.7. The van der Waals surface area contributed by atoms with E-state index >= 15 is 0 Å². The number of benzene rings is 1. The van der Waals surface area contributed by atoms with Crippen LogP contribution in [0.2, 0.25) is 0 Å². The average molecular weight is 1260 g/mol. The number of ether oxygens (including phenoxy) is 3. The van der Waals surface area contributed by atoms with Crippen LogP contribution in [-0.2, 0) is 9.47 Å². The lowest BCUT2D eigenvalue weighted by atomic mass is 9.59. The van der Waals surface area contributed by atoms with E-state index in [0.717, 1.165) is 51.6 Å². The van der Waals surface area contributed by atoms with E-state index in [9.17, 15) is 0 Å². The third kappa shape index (κ3) is 46.6. The molecule has 0 saturated heterocycles. The van der Waals surface area contributed by atoms with Gasteiger partial charge in [-0.3, -0.25) is 0 Å². The van der Waals surface area contributed by atoms with Crippen molar-refractivity contribution in [2.24, 2.45) is 62.1 Å². The molecule has 0 bridgehead atoms. The maximum Gasteiger partial charge on any atom is 0.118 e. The topological polar surface area (TPSA) is 37.4 Å². The van der Waals surface area contributed by atoms with Crippen molar-refractivity contribution in [2.75, 3.05) is 70.7 Å². The molecule has 0 N–H and O–H groups in total. The smallest absolute Gasteiger partial charge is 0.118 e. The van der Waals surface area contributed by atoms with Crippen molar-refractivity contribution in [1.29, 1.82) is 0 Å². The van der Waals surface area contributed by atoms with Crippen LogP contribution in [0.3, 0.4) is 0 Å². The van der Waals surface area contributed by atoms with Gasteiger partial charge in [0.2, 0.25) is 0 Å². The SMILES string of the molecule is CC(C)N(C)C.CC(C)N(C)C(C)C.CC1CCC(C2CCCCC2)CC1.CC1CCC2(CC1)CCC(C)(C)CC2.CC1CCC2(CCCC2)CC1.CCC(C)(C)C(C)(C)C.CCC1(C)CCCC1.CN(C)C.COC.COC(C)C.COc1ccccc1. The number of nitrogens with zero attached hydrogens (tertiary/aromatic N) is 3. The van der Waals surface area contributed by atoms with E-state index in [1.165, 1.54) is 148 Å². The Bertz CT molecular complexity index is 1640. The molecule has 7 aliphatic carbocycles. The number of hydrogen-bond acceptors (Lipinski definition) is 6. The molecule has 1 aromatic carbocycles. The van der Waals surface area contributed by atoms with Gasteiger partial charge in [0.1, 0.15) is 5.75 Å². The molecule has 2 spiro atoms. The van der Waals surface area contributed by atoms with Gasteiger partial charge in [-0.15, -0.1) is 0 Å². The van der Waals surface area contributed by atoms with E-state index in [0.29, 0.717) is 40.5 Å². The highest BCUT2D eigenvalue weighted by Crippen LogP contribution is 2.53. The number of para-hydroxylation sites is 1. The summed E-state index contributed by atoms with van der Waals surface area (Å²) in [6.07, 6.45) is 47.1. The maximum atomic E-state index is 4.91. The Labute approximate surface area is 563 Å². The predicted octanol–water partition coefficient (Wildman–Crippen LogP) is 25.2. The summed E-state index contributed by atoms with van der Waals surface area (Å²) in [7, 11) is 18.9. The largest absolute Gasteiger partial charge is 0.497 e. The molecular weight excluding hydrogens is 1090 g/mol. The zero-order valence-electron chi connectivity index (χ0n) is 67.1. The molecule has 0 atom stereocenters. The van der Waals surface area contributed by atoms with Gasteiger partial charge in [0, 0.05) is 39.5 Å².